The molecule has 0 fully saturated rings. The van der Waals surface area contributed by atoms with Gasteiger partial charge in [0.2, 0.25) is 0 Å². The smallest absolute Gasteiger partial charge is 0.124 e. The minimum Gasteiger partial charge on any atom is -0.222 e. The van der Waals surface area contributed by atoms with Gasteiger partial charge in [-0.2, -0.15) is 11.1 Å². The minimum absolute atomic E-state index is 0.157. The Kier molecular flexibility index (Phi) is 3.50. The second kappa shape index (κ2) is 3.70. The van der Waals surface area contributed by atoms with Crippen LogP contribution in [-0.4, -0.2) is 5.54 Å². The molecule has 0 bridgehead atoms. The molecule has 0 amide bonds. The third-order valence-corrected chi connectivity index (χ3v) is 2.21. The molecule has 1 radical (unpaired) electrons. The predicted molar refractivity (Wildman–Crippen MR) is 44.3 cm³/mol. The van der Waals surface area contributed by atoms with Gasteiger partial charge in [-0.15, -0.1) is 0 Å². The van der Waals surface area contributed by atoms with Crippen molar-refractivity contribution in [1.82, 2.24) is 11.3 Å². The molecule has 0 saturated heterocycles. The number of hydrogen-bond donors (Lipinski definition) is 1. The molecule has 0 aromatic heterocycles. The Morgan fingerprint density at radius 3 is 1.64 bits per heavy atom. The van der Waals surface area contributed by atoms with Gasteiger partial charge in [-0.05, 0) is 11.8 Å². The van der Waals surface area contributed by atoms with Gasteiger partial charge in [-0.25, -0.2) is 5.43 Å². The van der Waals surface area contributed by atoms with E-state index < -0.39 is 5.54 Å². The highest BCUT2D eigenvalue weighted by molar-refractivity contribution is 5.09. The average Bonchev–Trinajstić information content (AvgIpc) is 1.90. The zero-order valence-electron chi connectivity index (χ0n) is 7.60. The summed E-state index contributed by atoms with van der Waals surface area (Å²) in [6.45, 7) is 7.80. The Morgan fingerprint density at radius 1 is 1.27 bits per heavy atom. The molecule has 0 aromatic carbocycles. The molecule has 0 aromatic rings. The van der Waals surface area contributed by atoms with E-state index in [1.54, 1.807) is 0 Å². The molecule has 0 heterocycles. The predicted octanol–water partition coefficient (Wildman–Crippen LogP) is 1.35. The van der Waals surface area contributed by atoms with E-state index in [-0.39, 0.29) is 11.8 Å². The summed E-state index contributed by atoms with van der Waals surface area (Å²) in [4.78, 5) is 0. The molecule has 3 heteroatoms. The van der Waals surface area contributed by atoms with Crippen LogP contribution in [0.4, 0.5) is 0 Å². The van der Waals surface area contributed by atoms with E-state index in [1.807, 2.05) is 27.7 Å². The molecule has 0 aliphatic carbocycles. The molecule has 0 spiro atoms. The second-order valence-corrected chi connectivity index (χ2v) is 3.42. The van der Waals surface area contributed by atoms with Crippen molar-refractivity contribution in [3.05, 3.63) is 0 Å². The lowest BCUT2D eigenvalue weighted by Crippen LogP contribution is -2.52. The molecule has 0 aliphatic heterocycles. The number of nitriles is 1. The van der Waals surface area contributed by atoms with Crippen LogP contribution < -0.4 is 11.3 Å². The summed E-state index contributed by atoms with van der Waals surface area (Å²) >= 11 is 0. The van der Waals surface area contributed by atoms with Crippen LogP contribution in [0.1, 0.15) is 27.7 Å². The molecule has 11 heavy (non-hydrogen) atoms. The van der Waals surface area contributed by atoms with Crippen LogP contribution in [0.2, 0.25) is 0 Å². The highest BCUT2D eigenvalue weighted by Gasteiger charge is 2.36. The van der Waals surface area contributed by atoms with Gasteiger partial charge in [-0.1, -0.05) is 27.7 Å². The molecule has 0 unspecified atom stereocenters. The van der Waals surface area contributed by atoms with Gasteiger partial charge >= 0.3 is 0 Å². The molecular weight excluding hydrogens is 138 g/mol. The average molecular weight is 154 g/mol. The van der Waals surface area contributed by atoms with E-state index in [0.29, 0.717) is 0 Å². The van der Waals surface area contributed by atoms with E-state index in [0.717, 1.165) is 0 Å². The van der Waals surface area contributed by atoms with Crippen molar-refractivity contribution in [3.8, 4) is 6.07 Å². The van der Waals surface area contributed by atoms with Crippen molar-refractivity contribution >= 4 is 0 Å². The fourth-order valence-electron chi connectivity index (χ4n) is 1.24. The lowest BCUT2D eigenvalue weighted by atomic mass is 9.79. The SMILES string of the molecule is CC(C)C(C#N)(N[NH])C(C)C. The Hall–Kier alpha value is -0.590. The Balaban J connectivity index is 4.65. The van der Waals surface area contributed by atoms with Crippen LogP contribution in [0.25, 0.3) is 0 Å². The summed E-state index contributed by atoms with van der Waals surface area (Å²) in [5.74, 6) is 7.41. The molecule has 0 saturated carbocycles. The number of nitrogens with zero attached hydrogens (tertiary/aromatic N) is 1. The first-order chi connectivity index (χ1) is 5.01. The third kappa shape index (κ3) is 1.70. The lowest BCUT2D eigenvalue weighted by Gasteiger charge is -2.33. The first kappa shape index (κ1) is 10.4. The fraction of sp³-hybridized carbons (Fsp3) is 0.875. The van der Waals surface area contributed by atoms with Crippen molar-refractivity contribution in [2.45, 2.75) is 33.2 Å². The molecule has 0 atom stereocenters. The number of nitrogens with one attached hydrogen (secondary N) is 2. The van der Waals surface area contributed by atoms with Crippen LogP contribution in [0.5, 0.6) is 0 Å². The van der Waals surface area contributed by atoms with E-state index in [4.69, 9.17) is 11.1 Å². The quantitative estimate of drug-likeness (QED) is 0.624. The Bertz CT molecular complexity index is 147. The van der Waals surface area contributed by atoms with Crippen LogP contribution in [-0.2, 0) is 0 Å². The maximum Gasteiger partial charge on any atom is 0.124 e. The summed E-state index contributed by atoms with van der Waals surface area (Å²) in [6.07, 6.45) is 0. The molecule has 0 aliphatic rings. The second-order valence-electron chi connectivity index (χ2n) is 3.42. The highest BCUT2D eigenvalue weighted by atomic mass is 15.3. The topological polar surface area (TPSA) is 59.6 Å². The van der Waals surface area contributed by atoms with E-state index in [1.165, 1.54) is 0 Å². The Labute approximate surface area is 68.5 Å². The lowest BCUT2D eigenvalue weighted by molar-refractivity contribution is 0.229. The van der Waals surface area contributed by atoms with Crippen molar-refractivity contribution in [1.29, 1.82) is 5.26 Å². The summed E-state index contributed by atoms with van der Waals surface area (Å²) in [5, 5.41) is 8.88. The van der Waals surface area contributed by atoms with Crippen molar-refractivity contribution < 1.29 is 0 Å². The van der Waals surface area contributed by atoms with Crippen LogP contribution in [0.15, 0.2) is 0 Å². The summed E-state index contributed by atoms with van der Waals surface area (Å²) < 4.78 is 0. The van der Waals surface area contributed by atoms with Gasteiger partial charge in [0.1, 0.15) is 5.54 Å². The number of hydrogen-bond acceptors (Lipinski definition) is 2. The molecule has 63 valence electrons. The maximum atomic E-state index is 8.88. The summed E-state index contributed by atoms with van der Waals surface area (Å²) in [6, 6.07) is 2.17. The van der Waals surface area contributed by atoms with Gasteiger partial charge in [0, 0.05) is 0 Å². The summed E-state index contributed by atoms with van der Waals surface area (Å²) in [7, 11) is 0. The van der Waals surface area contributed by atoms with Crippen LogP contribution in [0, 0.1) is 23.2 Å². The van der Waals surface area contributed by atoms with Crippen molar-refractivity contribution in [2.75, 3.05) is 0 Å². The molecule has 0 rings (SSSR count). The minimum atomic E-state index is -0.694. The maximum absolute atomic E-state index is 8.88. The zero-order chi connectivity index (χ0) is 9.07. The first-order valence-corrected chi connectivity index (χ1v) is 3.86. The van der Waals surface area contributed by atoms with E-state index in [2.05, 4.69) is 11.5 Å². The first-order valence-electron chi connectivity index (χ1n) is 3.86. The van der Waals surface area contributed by atoms with E-state index in [9.17, 15) is 0 Å². The van der Waals surface area contributed by atoms with Crippen molar-refractivity contribution in [3.63, 3.8) is 0 Å². The monoisotopic (exact) mass is 154 g/mol. The van der Waals surface area contributed by atoms with Gasteiger partial charge in [-0.3, -0.25) is 0 Å². The van der Waals surface area contributed by atoms with Gasteiger partial charge < -0.3 is 0 Å². The van der Waals surface area contributed by atoms with E-state index >= 15 is 0 Å². The largest absolute Gasteiger partial charge is 0.222 e. The summed E-state index contributed by atoms with van der Waals surface area (Å²) in [5.41, 5.74) is 1.66. The number of rotatable bonds is 3. The Morgan fingerprint density at radius 2 is 1.64 bits per heavy atom. The van der Waals surface area contributed by atoms with Gasteiger partial charge in [0.25, 0.3) is 0 Å². The highest BCUT2D eigenvalue weighted by Crippen LogP contribution is 2.24. The molecule has 3 nitrogen and oxygen atoms in total. The third-order valence-electron chi connectivity index (χ3n) is 2.21. The standard InChI is InChI=1S/C8H16N3/c1-6(2)8(5-9,11-10)7(3)4/h6-7,10-11H,1-4H3. The zero-order valence-corrected chi connectivity index (χ0v) is 7.60. The van der Waals surface area contributed by atoms with Crippen LogP contribution >= 0.6 is 0 Å². The fourth-order valence-corrected chi connectivity index (χ4v) is 1.24. The molecule has 2 N–H and O–H groups in total. The normalized spacial score (nSPS) is 12.2. The van der Waals surface area contributed by atoms with Gasteiger partial charge in [0.15, 0.2) is 0 Å². The van der Waals surface area contributed by atoms with Crippen LogP contribution in [0.3, 0.4) is 0 Å². The molecular formula is C8H16N3. The van der Waals surface area contributed by atoms with Gasteiger partial charge in [0.05, 0.1) is 6.07 Å². The van der Waals surface area contributed by atoms with Crippen molar-refractivity contribution in [2.24, 2.45) is 11.8 Å².